The quantitative estimate of drug-likeness (QED) is 0.803. The number of anilines is 1. The van der Waals surface area contributed by atoms with Crippen molar-refractivity contribution < 1.29 is 9.53 Å². The summed E-state index contributed by atoms with van der Waals surface area (Å²) in [6.07, 6.45) is 2.18. The van der Waals surface area contributed by atoms with E-state index in [1.54, 1.807) is 24.8 Å². The van der Waals surface area contributed by atoms with Gasteiger partial charge in [-0.3, -0.25) is 9.36 Å². The summed E-state index contributed by atoms with van der Waals surface area (Å²) in [6.45, 7) is 0. The van der Waals surface area contributed by atoms with Crippen molar-refractivity contribution >= 4 is 23.1 Å². The minimum atomic E-state index is 0.0110. The van der Waals surface area contributed by atoms with Gasteiger partial charge in [0.2, 0.25) is 5.91 Å². The zero-order chi connectivity index (χ0) is 15.8. The molecule has 0 unspecified atom stereocenters. The van der Waals surface area contributed by atoms with Crippen LogP contribution in [0.5, 0.6) is 5.75 Å². The largest absolute Gasteiger partial charge is 0.497 e. The van der Waals surface area contributed by atoms with Crippen molar-refractivity contribution in [3.8, 4) is 11.4 Å². The third kappa shape index (κ3) is 2.41. The molecule has 116 valence electrons. The van der Waals surface area contributed by atoms with Crippen LogP contribution in [0.4, 0.5) is 5.82 Å². The fraction of sp³-hybridized carbons (Fsp3) is 0.176. The van der Waals surface area contributed by atoms with Crippen LogP contribution >= 0.6 is 11.3 Å². The maximum absolute atomic E-state index is 12.2. The predicted molar refractivity (Wildman–Crippen MR) is 89.5 cm³/mol. The van der Waals surface area contributed by atoms with E-state index < -0.39 is 0 Å². The summed E-state index contributed by atoms with van der Waals surface area (Å²) in [7, 11) is 1.64. The Hall–Kier alpha value is -2.60. The summed E-state index contributed by atoms with van der Waals surface area (Å²) < 4.78 is 7.18. The van der Waals surface area contributed by atoms with E-state index >= 15 is 0 Å². The first kappa shape index (κ1) is 14.0. The molecule has 1 atom stereocenters. The number of ether oxygens (including phenoxy) is 1. The molecule has 0 spiro atoms. The lowest BCUT2D eigenvalue weighted by Gasteiger charge is -2.22. The number of benzene rings is 1. The molecular formula is C17H15N3O2S. The van der Waals surface area contributed by atoms with Gasteiger partial charge in [0.25, 0.3) is 0 Å². The van der Waals surface area contributed by atoms with Crippen LogP contribution in [0.2, 0.25) is 0 Å². The van der Waals surface area contributed by atoms with E-state index in [1.165, 1.54) is 0 Å². The van der Waals surface area contributed by atoms with E-state index in [0.717, 1.165) is 28.5 Å². The van der Waals surface area contributed by atoms with Crippen LogP contribution in [-0.2, 0) is 4.79 Å². The van der Waals surface area contributed by atoms with Gasteiger partial charge in [-0.2, -0.15) is 11.3 Å². The Bertz CT molecular complexity index is 855. The van der Waals surface area contributed by atoms with E-state index in [0.29, 0.717) is 6.42 Å². The highest BCUT2D eigenvalue weighted by Gasteiger charge is 2.31. The standard InChI is InChI=1S/C17H15N3O2S/c1-22-13-4-2-3-12(7-13)20-10-18-16-14(11-5-6-23-9-11)8-15(21)19-17(16)20/h2-7,9-10,14H,8H2,1H3,(H,19,21)/t14-/m1/s1. The molecule has 0 bridgehead atoms. The SMILES string of the molecule is COc1cccc(-n2cnc3c2NC(=O)C[C@@H]3c2ccsc2)c1. The zero-order valence-electron chi connectivity index (χ0n) is 12.5. The average molecular weight is 325 g/mol. The number of rotatable bonds is 3. The van der Waals surface area contributed by atoms with Gasteiger partial charge in [-0.1, -0.05) is 6.07 Å². The van der Waals surface area contributed by atoms with Gasteiger partial charge in [0, 0.05) is 18.4 Å². The number of imidazole rings is 1. The molecule has 1 aliphatic heterocycles. The number of amides is 1. The van der Waals surface area contributed by atoms with Gasteiger partial charge >= 0.3 is 0 Å². The molecule has 0 fully saturated rings. The smallest absolute Gasteiger partial charge is 0.226 e. The first-order valence-corrected chi connectivity index (χ1v) is 8.24. The molecule has 1 N–H and O–H groups in total. The van der Waals surface area contributed by atoms with Crippen molar-refractivity contribution in [2.75, 3.05) is 12.4 Å². The molecular weight excluding hydrogens is 310 g/mol. The van der Waals surface area contributed by atoms with Gasteiger partial charge in [0.1, 0.15) is 17.9 Å². The summed E-state index contributed by atoms with van der Waals surface area (Å²) in [5, 5.41) is 7.07. The van der Waals surface area contributed by atoms with Gasteiger partial charge in [-0.25, -0.2) is 4.98 Å². The highest BCUT2D eigenvalue weighted by Crippen LogP contribution is 2.38. The zero-order valence-corrected chi connectivity index (χ0v) is 13.3. The fourth-order valence-corrected chi connectivity index (χ4v) is 3.63. The van der Waals surface area contributed by atoms with Gasteiger partial charge in [-0.15, -0.1) is 0 Å². The monoisotopic (exact) mass is 325 g/mol. The molecule has 1 amide bonds. The molecule has 5 nitrogen and oxygen atoms in total. The second kappa shape index (κ2) is 5.55. The van der Waals surface area contributed by atoms with Crippen molar-refractivity contribution in [3.05, 3.63) is 58.7 Å². The summed E-state index contributed by atoms with van der Waals surface area (Å²) in [5.41, 5.74) is 2.96. The third-order valence-electron chi connectivity index (χ3n) is 4.05. The van der Waals surface area contributed by atoms with Crippen LogP contribution in [-0.4, -0.2) is 22.6 Å². The van der Waals surface area contributed by atoms with Crippen LogP contribution in [0.25, 0.3) is 5.69 Å². The van der Waals surface area contributed by atoms with E-state index in [2.05, 4.69) is 21.7 Å². The lowest BCUT2D eigenvalue weighted by atomic mass is 9.92. The van der Waals surface area contributed by atoms with E-state index in [4.69, 9.17) is 4.74 Å². The number of carbonyl (C=O) groups is 1. The van der Waals surface area contributed by atoms with E-state index in [-0.39, 0.29) is 11.8 Å². The molecule has 0 saturated heterocycles. The molecule has 6 heteroatoms. The number of fused-ring (bicyclic) bond motifs is 1. The van der Waals surface area contributed by atoms with Crippen molar-refractivity contribution in [1.82, 2.24) is 9.55 Å². The van der Waals surface area contributed by atoms with Crippen LogP contribution < -0.4 is 10.1 Å². The summed E-state index contributed by atoms with van der Waals surface area (Å²) in [4.78, 5) is 16.7. The lowest BCUT2D eigenvalue weighted by Crippen LogP contribution is -2.24. The van der Waals surface area contributed by atoms with Crippen LogP contribution in [0, 0.1) is 0 Å². The second-order valence-corrected chi connectivity index (χ2v) is 6.19. The molecule has 0 aliphatic carbocycles. The number of aromatic nitrogens is 2. The van der Waals surface area contributed by atoms with Crippen molar-refractivity contribution in [1.29, 1.82) is 0 Å². The summed E-state index contributed by atoms with van der Waals surface area (Å²) in [5.74, 6) is 1.53. The molecule has 0 saturated carbocycles. The van der Waals surface area contributed by atoms with Crippen molar-refractivity contribution in [2.45, 2.75) is 12.3 Å². The molecule has 0 radical (unpaired) electrons. The van der Waals surface area contributed by atoms with Crippen molar-refractivity contribution in [2.24, 2.45) is 0 Å². The first-order chi connectivity index (χ1) is 11.3. The van der Waals surface area contributed by atoms with Crippen LogP contribution in [0.15, 0.2) is 47.4 Å². The number of thiophene rings is 1. The Kier molecular flexibility index (Phi) is 3.38. The van der Waals surface area contributed by atoms with Crippen molar-refractivity contribution in [3.63, 3.8) is 0 Å². The second-order valence-electron chi connectivity index (χ2n) is 5.41. The number of methoxy groups -OCH3 is 1. The minimum Gasteiger partial charge on any atom is -0.497 e. The molecule has 2 aromatic heterocycles. The summed E-state index contributed by atoms with van der Waals surface area (Å²) in [6, 6.07) is 9.75. The Morgan fingerprint density at radius 1 is 1.39 bits per heavy atom. The number of hydrogen-bond donors (Lipinski definition) is 1. The fourth-order valence-electron chi connectivity index (χ4n) is 2.91. The summed E-state index contributed by atoms with van der Waals surface area (Å²) >= 11 is 1.63. The Balaban J connectivity index is 1.82. The van der Waals surface area contributed by atoms with E-state index in [9.17, 15) is 4.79 Å². The normalized spacial score (nSPS) is 16.7. The van der Waals surface area contributed by atoms with Crippen LogP contribution in [0.3, 0.4) is 0 Å². The Morgan fingerprint density at radius 3 is 3.09 bits per heavy atom. The average Bonchev–Trinajstić information content (AvgIpc) is 3.23. The maximum Gasteiger partial charge on any atom is 0.226 e. The number of nitrogens with one attached hydrogen (secondary N) is 1. The first-order valence-electron chi connectivity index (χ1n) is 7.30. The third-order valence-corrected chi connectivity index (χ3v) is 4.75. The number of nitrogens with zero attached hydrogens (tertiary/aromatic N) is 2. The minimum absolute atomic E-state index is 0.0110. The molecule has 1 aliphatic rings. The highest BCUT2D eigenvalue weighted by molar-refractivity contribution is 7.08. The Labute approximate surface area is 137 Å². The molecule has 3 heterocycles. The van der Waals surface area contributed by atoms with Gasteiger partial charge in [0.15, 0.2) is 0 Å². The molecule has 23 heavy (non-hydrogen) atoms. The molecule has 1 aromatic carbocycles. The number of hydrogen-bond acceptors (Lipinski definition) is 4. The van der Waals surface area contributed by atoms with Crippen LogP contribution in [0.1, 0.15) is 23.6 Å². The molecule has 3 aromatic rings. The number of carbonyl (C=O) groups excluding carboxylic acids is 1. The predicted octanol–water partition coefficient (Wildman–Crippen LogP) is 3.42. The molecule has 4 rings (SSSR count). The van der Waals surface area contributed by atoms with Gasteiger partial charge < -0.3 is 10.1 Å². The Morgan fingerprint density at radius 2 is 2.30 bits per heavy atom. The van der Waals surface area contributed by atoms with E-state index in [1.807, 2.05) is 34.2 Å². The highest BCUT2D eigenvalue weighted by atomic mass is 32.1. The topological polar surface area (TPSA) is 56.1 Å². The lowest BCUT2D eigenvalue weighted by molar-refractivity contribution is -0.116. The van der Waals surface area contributed by atoms with Gasteiger partial charge in [-0.05, 0) is 34.5 Å². The van der Waals surface area contributed by atoms with Gasteiger partial charge in [0.05, 0.1) is 18.5 Å². The maximum atomic E-state index is 12.2.